The lowest BCUT2D eigenvalue weighted by Gasteiger charge is -2.26. The Kier molecular flexibility index (Phi) is 4.36. The van der Waals surface area contributed by atoms with Crippen molar-refractivity contribution in [3.8, 4) is 0 Å². The maximum atomic E-state index is 6.00. The molecule has 2 unspecified atom stereocenters. The fourth-order valence-electron chi connectivity index (χ4n) is 3.51. The molecule has 1 aliphatic carbocycles. The Bertz CT molecular complexity index is 427. The normalized spacial score (nSPS) is 34.5. The fourth-order valence-corrected chi connectivity index (χ4v) is 3.51. The van der Waals surface area contributed by atoms with Crippen molar-refractivity contribution in [2.45, 2.75) is 63.3 Å². The van der Waals surface area contributed by atoms with Gasteiger partial charge in [0.2, 0.25) is 5.89 Å². The first-order valence-electron chi connectivity index (χ1n) is 7.94. The molecule has 1 saturated heterocycles. The highest BCUT2D eigenvalue weighted by molar-refractivity contribution is 5.04. The van der Waals surface area contributed by atoms with Crippen LogP contribution in [0.4, 0.5) is 0 Å². The van der Waals surface area contributed by atoms with Crippen LogP contribution in [0.1, 0.15) is 69.0 Å². The summed E-state index contributed by atoms with van der Waals surface area (Å²) in [6, 6.07) is -0.0106. The molecule has 20 heavy (non-hydrogen) atoms. The summed E-state index contributed by atoms with van der Waals surface area (Å²) in [6.45, 7) is 3.46. The van der Waals surface area contributed by atoms with Gasteiger partial charge in [0.05, 0.1) is 19.1 Å². The van der Waals surface area contributed by atoms with Crippen molar-refractivity contribution in [2.75, 3.05) is 13.2 Å². The van der Waals surface area contributed by atoms with Crippen LogP contribution in [-0.4, -0.2) is 29.4 Å². The van der Waals surface area contributed by atoms with E-state index in [2.05, 4.69) is 17.1 Å². The van der Waals surface area contributed by atoms with Crippen molar-refractivity contribution in [1.29, 1.82) is 0 Å². The molecular weight excluding hydrogens is 254 g/mol. The number of hydrogen-bond donors (Lipinski definition) is 1. The van der Waals surface area contributed by atoms with E-state index in [0.29, 0.717) is 25.0 Å². The Morgan fingerprint density at radius 3 is 2.65 bits per heavy atom. The van der Waals surface area contributed by atoms with Gasteiger partial charge in [-0.15, -0.1) is 0 Å². The van der Waals surface area contributed by atoms with Gasteiger partial charge in [-0.05, 0) is 31.6 Å². The van der Waals surface area contributed by atoms with Gasteiger partial charge in [-0.1, -0.05) is 24.9 Å². The van der Waals surface area contributed by atoms with Gasteiger partial charge in [0.1, 0.15) is 0 Å². The van der Waals surface area contributed by atoms with Crippen molar-refractivity contribution in [2.24, 2.45) is 11.7 Å². The smallest absolute Gasteiger partial charge is 0.233 e. The molecular formula is C15H25N3O2. The average Bonchev–Trinajstić information content (AvgIpc) is 3.08. The monoisotopic (exact) mass is 279 g/mol. The van der Waals surface area contributed by atoms with Gasteiger partial charge in [0.15, 0.2) is 5.82 Å². The van der Waals surface area contributed by atoms with E-state index in [1.165, 1.54) is 38.5 Å². The molecule has 5 heteroatoms. The molecule has 1 aliphatic heterocycles. The second kappa shape index (κ2) is 6.22. The van der Waals surface area contributed by atoms with E-state index < -0.39 is 0 Å². The van der Waals surface area contributed by atoms with Crippen LogP contribution in [0.3, 0.4) is 0 Å². The first-order valence-corrected chi connectivity index (χ1v) is 7.94. The minimum Gasteiger partial charge on any atom is -0.379 e. The van der Waals surface area contributed by atoms with Crippen LogP contribution >= 0.6 is 0 Å². The van der Waals surface area contributed by atoms with Crippen LogP contribution in [-0.2, 0) is 4.74 Å². The standard InChI is InChI=1S/C15H25N3O2/c1-2-3-10-4-6-11(7-5-10)14-17-15(20-18-14)12-8-19-9-13(12)16/h10-13H,2-9,16H2,1H3. The lowest BCUT2D eigenvalue weighted by molar-refractivity contribution is 0.187. The number of nitrogens with two attached hydrogens (primary N) is 1. The highest BCUT2D eigenvalue weighted by Crippen LogP contribution is 2.37. The maximum absolute atomic E-state index is 6.00. The number of rotatable bonds is 4. The molecule has 0 spiro atoms. The van der Waals surface area contributed by atoms with E-state index in [9.17, 15) is 0 Å². The van der Waals surface area contributed by atoms with Gasteiger partial charge in [0, 0.05) is 12.0 Å². The zero-order chi connectivity index (χ0) is 13.9. The summed E-state index contributed by atoms with van der Waals surface area (Å²) in [6.07, 6.45) is 7.64. The van der Waals surface area contributed by atoms with Gasteiger partial charge in [-0.25, -0.2) is 0 Å². The molecule has 0 amide bonds. The second-order valence-electron chi connectivity index (χ2n) is 6.30. The quantitative estimate of drug-likeness (QED) is 0.917. The highest BCUT2D eigenvalue weighted by Gasteiger charge is 2.33. The minimum absolute atomic E-state index is 0.0106. The fraction of sp³-hybridized carbons (Fsp3) is 0.867. The Morgan fingerprint density at radius 1 is 1.20 bits per heavy atom. The molecule has 0 bridgehead atoms. The summed E-state index contributed by atoms with van der Waals surface area (Å²) >= 11 is 0. The summed E-state index contributed by atoms with van der Waals surface area (Å²) in [7, 11) is 0. The third-order valence-corrected chi connectivity index (χ3v) is 4.81. The molecule has 112 valence electrons. The van der Waals surface area contributed by atoms with Crippen LogP contribution in [0.15, 0.2) is 4.52 Å². The first-order chi connectivity index (χ1) is 9.78. The van der Waals surface area contributed by atoms with Gasteiger partial charge in [-0.2, -0.15) is 4.98 Å². The third kappa shape index (κ3) is 2.88. The molecule has 2 N–H and O–H groups in total. The van der Waals surface area contributed by atoms with Crippen LogP contribution in [0, 0.1) is 5.92 Å². The van der Waals surface area contributed by atoms with E-state index in [1.54, 1.807) is 0 Å². The molecule has 1 saturated carbocycles. The van der Waals surface area contributed by atoms with Gasteiger partial charge < -0.3 is 15.0 Å². The summed E-state index contributed by atoms with van der Waals surface area (Å²) < 4.78 is 10.8. The summed E-state index contributed by atoms with van der Waals surface area (Å²) in [5, 5.41) is 4.19. The van der Waals surface area contributed by atoms with Crippen molar-refractivity contribution in [3.05, 3.63) is 11.7 Å². The van der Waals surface area contributed by atoms with Crippen LogP contribution < -0.4 is 5.73 Å². The van der Waals surface area contributed by atoms with E-state index in [-0.39, 0.29) is 12.0 Å². The summed E-state index contributed by atoms with van der Waals surface area (Å²) in [5.41, 5.74) is 6.00. The van der Waals surface area contributed by atoms with E-state index >= 15 is 0 Å². The van der Waals surface area contributed by atoms with Crippen LogP contribution in [0.2, 0.25) is 0 Å². The maximum Gasteiger partial charge on any atom is 0.233 e. The molecule has 0 radical (unpaired) electrons. The molecule has 2 aliphatic rings. The van der Waals surface area contributed by atoms with Crippen molar-refractivity contribution < 1.29 is 9.26 Å². The molecule has 0 aromatic carbocycles. The summed E-state index contributed by atoms with van der Waals surface area (Å²) in [4.78, 5) is 4.60. The Morgan fingerprint density at radius 2 is 2.00 bits per heavy atom. The molecule has 3 rings (SSSR count). The zero-order valence-corrected chi connectivity index (χ0v) is 12.3. The zero-order valence-electron chi connectivity index (χ0n) is 12.3. The van der Waals surface area contributed by atoms with E-state index in [1.807, 2.05) is 0 Å². The minimum atomic E-state index is -0.0106. The SMILES string of the molecule is CCCC1CCC(c2noc(C3COCC3N)n2)CC1. The number of ether oxygens (including phenoxy) is 1. The predicted molar refractivity (Wildman–Crippen MR) is 75.4 cm³/mol. The van der Waals surface area contributed by atoms with Gasteiger partial charge in [-0.3, -0.25) is 0 Å². The lowest BCUT2D eigenvalue weighted by Crippen LogP contribution is -2.27. The molecule has 2 heterocycles. The Labute approximate surface area is 120 Å². The Balaban J connectivity index is 1.60. The summed E-state index contributed by atoms with van der Waals surface area (Å²) in [5.74, 6) is 3.00. The van der Waals surface area contributed by atoms with E-state index in [4.69, 9.17) is 15.0 Å². The predicted octanol–water partition coefficient (Wildman–Crippen LogP) is 2.58. The van der Waals surface area contributed by atoms with Crippen LogP contribution in [0.25, 0.3) is 0 Å². The van der Waals surface area contributed by atoms with Crippen molar-refractivity contribution in [3.63, 3.8) is 0 Å². The average molecular weight is 279 g/mol. The van der Waals surface area contributed by atoms with Crippen LogP contribution in [0.5, 0.6) is 0 Å². The molecule has 2 fully saturated rings. The second-order valence-corrected chi connectivity index (χ2v) is 6.30. The molecule has 1 aromatic heterocycles. The number of aromatic nitrogens is 2. The Hall–Kier alpha value is -0.940. The van der Waals surface area contributed by atoms with Crippen molar-refractivity contribution >= 4 is 0 Å². The van der Waals surface area contributed by atoms with E-state index in [0.717, 1.165) is 11.7 Å². The third-order valence-electron chi connectivity index (χ3n) is 4.81. The molecule has 1 aromatic rings. The molecule has 2 atom stereocenters. The first kappa shape index (κ1) is 14.0. The van der Waals surface area contributed by atoms with Gasteiger partial charge in [0.25, 0.3) is 0 Å². The van der Waals surface area contributed by atoms with Gasteiger partial charge >= 0.3 is 0 Å². The topological polar surface area (TPSA) is 74.2 Å². The number of hydrogen-bond acceptors (Lipinski definition) is 5. The lowest BCUT2D eigenvalue weighted by atomic mass is 9.80. The number of nitrogens with zero attached hydrogens (tertiary/aromatic N) is 2. The molecule has 5 nitrogen and oxygen atoms in total. The highest BCUT2D eigenvalue weighted by atomic mass is 16.5. The largest absolute Gasteiger partial charge is 0.379 e. The van der Waals surface area contributed by atoms with Crippen molar-refractivity contribution in [1.82, 2.24) is 10.1 Å².